The lowest BCUT2D eigenvalue weighted by molar-refractivity contribution is 0.0694. The van der Waals surface area contributed by atoms with Gasteiger partial charge in [0.15, 0.2) is 0 Å². The zero-order valence-electron chi connectivity index (χ0n) is 17.1. The first-order chi connectivity index (χ1) is 14.1. The molecule has 0 unspecified atom stereocenters. The first kappa shape index (κ1) is 19.4. The molecule has 5 heteroatoms. The van der Waals surface area contributed by atoms with E-state index in [1.54, 1.807) is 0 Å². The summed E-state index contributed by atoms with van der Waals surface area (Å²) in [5.41, 5.74) is 11.5. The van der Waals surface area contributed by atoms with Crippen molar-refractivity contribution in [1.29, 1.82) is 0 Å². The van der Waals surface area contributed by atoms with Crippen molar-refractivity contribution in [3.63, 3.8) is 0 Å². The van der Waals surface area contributed by atoms with Gasteiger partial charge in [-0.05, 0) is 68.5 Å². The quantitative estimate of drug-likeness (QED) is 0.736. The van der Waals surface area contributed by atoms with Crippen LogP contribution in [0.25, 0.3) is 16.9 Å². The third-order valence-electron chi connectivity index (χ3n) is 5.98. The molecule has 0 aliphatic carbocycles. The second-order valence-corrected chi connectivity index (χ2v) is 7.94. The molecule has 0 spiro atoms. The van der Waals surface area contributed by atoms with Crippen molar-refractivity contribution in [3.8, 4) is 16.9 Å². The highest BCUT2D eigenvalue weighted by atomic mass is 16.2. The predicted molar refractivity (Wildman–Crippen MR) is 116 cm³/mol. The molecule has 29 heavy (non-hydrogen) atoms. The van der Waals surface area contributed by atoms with E-state index in [-0.39, 0.29) is 5.91 Å². The van der Waals surface area contributed by atoms with Crippen LogP contribution in [0.4, 0.5) is 0 Å². The van der Waals surface area contributed by atoms with E-state index in [1.165, 1.54) is 11.1 Å². The highest BCUT2D eigenvalue weighted by molar-refractivity contribution is 6.00. The van der Waals surface area contributed by atoms with Gasteiger partial charge >= 0.3 is 0 Å². The predicted octanol–water partition coefficient (Wildman–Crippen LogP) is 3.97. The van der Waals surface area contributed by atoms with Gasteiger partial charge in [0.2, 0.25) is 0 Å². The van der Waals surface area contributed by atoms with Crippen LogP contribution in [-0.2, 0) is 0 Å². The first-order valence-electron chi connectivity index (χ1n) is 10.3. The molecule has 2 N–H and O–H groups in total. The summed E-state index contributed by atoms with van der Waals surface area (Å²) in [5, 5.41) is 4.82. The topological polar surface area (TPSA) is 64.2 Å². The van der Waals surface area contributed by atoms with Crippen molar-refractivity contribution in [2.24, 2.45) is 11.7 Å². The van der Waals surface area contributed by atoms with Crippen LogP contribution in [0, 0.1) is 19.8 Å². The molecule has 0 atom stereocenters. The highest BCUT2D eigenvalue weighted by Crippen LogP contribution is 2.28. The van der Waals surface area contributed by atoms with E-state index in [9.17, 15) is 4.79 Å². The van der Waals surface area contributed by atoms with E-state index in [0.29, 0.717) is 18.0 Å². The van der Waals surface area contributed by atoms with Crippen molar-refractivity contribution in [1.82, 2.24) is 14.7 Å². The smallest absolute Gasteiger partial charge is 0.257 e. The minimum absolute atomic E-state index is 0.0517. The molecule has 0 bridgehead atoms. The fraction of sp³-hybridized carbons (Fsp3) is 0.333. The molecule has 2 heterocycles. The Bertz CT molecular complexity index is 1000. The Hall–Kier alpha value is -2.92. The summed E-state index contributed by atoms with van der Waals surface area (Å²) in [6.07, 6.45) is 3.80. The van der Waals surface area contributed by atoms with Crippen LogP contribution >= 0.6 is 0 Å². The average Bonchev–Trinajstić information content (AvgIpc) is 3.21. The number of hydrogen-bond donors (Lipinski definition) is 1. The van der Waals surface area contributed by atoms with E-state index in [0.717, 1.165) is 42.9 Å². The van der Waals surface area contributed by atoms with E-state index < -0.39 is 0 Å². The zero-order chi connectivity index (χ0) is 20.4. The highest BCUT2D eigenvalue weighted by Gasteiger charge is 2.27. The van der Waals surface area contributed by atoms with Gasteiger partial charge in [0.1, 0.15) is 5.69 Å². The number of carbonyl (C=O) groups excluding carboxylic acids is 1. The van der Waals surface area contributed by atoms with Gasteiger partial charge in [-0.3, -0.25) is 4.79 Å². The van der Waals surface area contributed by atoms with Gasteiger partial charge in [0.25, 0.3) is 5.91 Å². The fourth-order valence-electron chi connectivity index (χ4n) is 3.89. The van der Waals surface area contributed by atoms with E-state index >= 15 is 0 Å². The molecule has 1 aliphatic heterocycles. The molecule has 150 valence electrons. The van der Waals surface area contributed by atoms with Gasteiger partial charge in [0, 0.05) is 24.8 Å². The number of rotatable bonds is 4. The van der Waals surface area contributed by atoms with Crippen molar-refractivity contribution in [2.45, 2.75) is 26.7 Å². The minimum Gasteiger partial charge on any atom is -0.339 e. The van der Waals surface area contributed by atoms with Crippen LogP contribution in [0.2, 0.25) is 0 Å². The number of aromatic nitrogens is 2. The summed E-state index contributed by atoms with van der Waals surface area (Å²) in [5.74, 6) is 0.571. The van der Waals surface area contributed by atoms with Gasteiger partial charge in [0.05, 0.1) is 11.3 Å². The Morgan fingerprint density at radius 3 is 2.45 bits per heavy atom. The summed E-state index contributed by atoms with van der Waals surface area (Å²) >= 11 is 0. The summed E-state index contributed by atoms with van der Waals surface area (Å²) in [6.45, 7) is 6.39. The van der Waals surface area contributed by atoms with Gasteiger partial charge < -0.3 is 10.6 Å². The number of hydrogen-bond acceptors (Lipinski definition) is 3. The number of aryl methyl sites for hydroxylation is 2. The van der Waals surface area contributed by atoms with Gasteiger partial charge in [-0.2, -0.15) is 5.10 Å². The van der Waals surface area contributed by atoms with Gasteiger partial charge in [-0.15, -0.1) is 0 Å². The number of nitrogens with two attached hydrogens (primary N) is 1. The molecule has 1 aliphatic rings. The molecule has 2 aromatic carbocycles. The van der Waals surface area contributed by atoms with Crippen LogP contribution < -0.4 is 5.73 Å². The minimum atomic E-state index is 0.0517. The van der Waals surface area contributed by atoms with Crippen molar-refractivity contribution in [3.05, 3.63) is 71.4 Å². The number of para-hydroxylation sites is 1. The third kappa shape index (κ3) is 3.96. The maximum Gasteiger partial charge on any atom is 0.257 e. The van der Waals surface area contributed by atoms with E-state index in [1.807, 2.05) is 46.1 Å². The summed E-state index contributed by atoms with van der Waals surface area (Å²) in [7, 11) is 0. The monoisotopic (exact) mass is 388 g/mol. The van der Waals surface area contributed by atoms with E-state index in [4.69, 9.17) is 10.8 Å². The summed E-state index contributed by atoms with van der Waals surface area (Å²) < 4.78 is 1.81. The maximum absolute atomic E-state index is 13.4. The lowest BCUT2D eigenvalue weighted by atomic mass is 9.96. The number of likely N-dealkylation sites (tertiary alicyclic amines) is 1. The van der Waals surface area contributed by atoms with Crippen LogP contribution in [-0.4, -0.2) is 40.2 Å². The van der Waals surface area contributed by atoms with Crippen LogP contribution in [0.3, 0.4) is 0 Å². The normalized spacial score (nSPS) is 14.9. The Morgan fingerprint density at radius 1 is 1.07 bits per heavy atom. The lowest BCUT2D eigenvalue weighted by Gasteiger charge is -2.31. The number of piperidine rings is 1. The van der Waals surface area contributed by atoms with Gasteiger partial charge in [-0.25, -0.2) is 4.68 Å². The maximum atomic E-state index is 13.4. The van der Waals surface area contributed by atoms with Crippen LogP contribution in [0.1, 0.15) is 34.3 Å². The molecular weight excluding hydrogens is 360 g/mol. The second kappa shape index (κ2) is 8.21. The fourth-order valence-corrected chi connectivity index (χ4v) is 3.89. The molecule has 0 radical (unpaired) electrons. The first-order valence-corrected chi connectivity index (χ1v) is 10.3. The average molecular weight is 389 g/mol. The summed E-state index contributed by atoms with van der Waals surface area (Å²) in [6, 6.07) is 16.2. The molecule has 5 nitrogen and oxygen atoms in total. The van der Waals surface area contributed by atoms with Crippen molar-refractivity contribution < 1.29 is 4.79 Å². The zero-order valence-corrected chi connectivity index (χ0v) is 17.1. The number of amides is 1. The summed E-state index contributed by atoms with van der Waals surface area (Å²) in [4.78, 5) is 15.4. The molecular formula is C24H28N4O. The molecule has 4 rings (SSSR count). The van der Waals surface area contributed by atoms with Crippen LogP contribution in [0.15, 0.2) is 54.7 Å². The largest absolute Gasteiger partial charge is 0.339 e. The Kier molecular flexibility index (Phi) is 5.49. The van der Waals surface area contributed by atoms with Crippen LogP contribution in [0.5, 0.6) is 0 Å². The SMILES string of the molecule is Cc1ccc(-c2nn(-c3ccccc3)cc2C(=O)N2CCC(CN)CC2)cc1C. The molecule has 3 aromatic rings. The second-order valence-electron chi connectivity index (χ2n) is 7.94. The third-order valence-corrected chi connectivity index (χ3v) is 5.98. The number of carbonyl (C=O) groups is 1. The molecule has 1 aromatic heterocycles. The Labute approximate surface area is 172 Å². The number of nitrogens with zero attached hydrogens (tertiary/aromatic N) is 3. The molecule has 1 saturated heterocycles. The van der Waals surface area contributed by atoms with E-state index in [2.05, 4.69) is 32.0 Å². The van der Waals surface area contributed by atoms with Crippen molar-refractivity contribution >= 4 is 5.91 Å². The standard InChI is InChI=1S/C24H28N4O/c1-17-8-9-20(14-18(17)2)23-22(16-28(26-23)21-6-4-3-5-7-21)24(29)27-12-10-19(15-25)11-13-27/h3-9,14,16,19H,10-13,15,25H2,1-2H3. The Balaban J connectivity index is 1.74. The molecule has 0 saturated carbocycles. The number of benzene rings is 2. The molecule has 1 fully saturated rings. The lowest BCUT2D eigenvalue weighted by Crippen LogP contribution is -2.40. The van der Waals surface area contributed by atoms with Gasteiger partial charge in [-0.1, -0.05) is 30.3 Å². The Morgan fingerprint density at radius 2 is 1.79 bits per heavy atom. The molecule has 1 amide bonds. The van der Waals surface area contributed by atoms with Crippen molar-refractivity contribution in [2.75, 3.05) is 19.6 Å².